The Balaban J connectivity index is 2.22. The van der Waals surface area contributed by atoms with E-state index in [4.69, 9.17) is 0 Å². The van der Waals surface area contributed by atoms with Gasteiger partial charge in [0, 0.05) is 18.2 Å². The second-order valence-corrected chi connectivity index (χ2v) is 5.00. The predicted molar refractivity (Wildman–Crippen MR) is 81.5 cm³/mol. The van der Waals surface area contributed by atoms with E-state index >= 15 is 0 Å². The Morgan fingerprint density at radius 2 is 1.85 bits per heavy atom. The van der Waals surface area contributed by atoms with Crippen molar-refractivity contribution in [3.8, 4) is 0 Å². The quantitative estimate of drug-likeness (QED) is 0.779. The Labute approximate surface area is 118 Å². The first-order valence-corrected chi connectivity index (χ1v) is 6.64. The molecular formula is C17H16N2O. The van der Waals surface area contributed by atoms with Crippen molar-refractivity contribution in [3.05, 3.63) is 65.2 Å². The average Bonchev–Trinajstić information content (AvgIpc) is 2.59. The number of hydrogen-bond acceptors (Lipinski definition) is 2. The van der Waals surface area contributed by atoms with Crippen LogP contribution in [0.5, 0.6) is 0 Å². The molecular weight excluding hydrogens is 248 g/mol. The number of rotatable bonds is 1. The van der Waals surface area contributed by atoms with Crippen LogP contribution in [-0.4, -0.2) is 25.2 Å². The van der Waals surface area contributed by atoms with Crippen molar-refractivity contribution in [3.63, 3.8) is 0 Å². The lowest BCUT2D eigenvalue weighted by Gasteiger charge is -2.18. The van der Waals surface area contributed by atoms with E-state index in [-0.39, 0.29) is 12.5 Å². The fourth-order valence-corrected chi connectivity index (χ4v) is 2.43. The minimum absolute atomic E-state index is 0.0165. The first kappa shape index (κ1) is 12.6. The zero-order valence-corrected chi connectivity index (χ0v) is 11.6. The van der Waals surface area contributed by atoms with Crippen LogP contribution in [0.1, 0.15) is 16.7 Å². The topological polar surface area (TPSA) is 32.7 Å². The zero-order valence-electron chi connectivity index (χ0n) is 11.6. The van der Waals surface area contributed by atoms with Crippen LogP contribution in [0, 0.1) is 6.92 Å². The maximum atomic E-state index is 12.1. The van der Waals surface area contributed by atoms with Gasteiger partial charge in [-0.3, -0.25) is 9.79 Å². The number of carbonyl (C=O) groups is 1. The van der Waals surface area contributed by atoms with Gasteiger partial charge < -0.3 is 4.90 Å². The van der Waals surface area contributed by atoms with E-state index in [2.05, 4.69) is 11.1 Å². The van der Waals surface area contributed by atoms with E-state index < -0.39 is 0 Å². The molecule has 0 spiro atoms. The van der Waals surface area contributed by atoms with Crippen molar-refractivity contribution < 1.29 is 4.79 Å². The van der Waals surface area contributed by atoms with Gasteiger partial charge in [-0.15, -0.1) is 0 Å². The van der Waals surface area contributed by atoms with E-state index in [0.29, 0.717) is 0 Å². The Bertz CT molecular complexity index is 689. The van der Waals surface area contributed by atoms with E-state index in [1.54, 1.807) is 4.90 Å². The lowest BCUT2D eigenvalue weighted by Crippen LogP contribution is -2.27. The van der Waals surface area contributed by atoms with Crippen LogP contribution >= 0.6 is 0 Å². The van der Waals surface area contributed by atoms with Gasteiger partial charge in [0.1, 0.15) is 6.54 Å². The maximum absolute atomic E-state index is 12.1. The van der Waals surface area contributed by atoms with Crippen LogP contribution in [0.15, 0.2) is 53.5 Å². The second-order valence-electron chi connectivity index (χ2n) is 5.00. The molecule has 2 aromatic rings. The van der Waals surface area contributed by atoms with Crippen molar-refractivity contribution in [2.45, 2.75) is 6.92 Å². The summed E-state index contributed by atoms with van der Waals surface area (Å²) in [7, 11) is 1.81. The van der Waals surface area contributed by atoms with Gasteiger partial charge in [-0.1, -0.05) is 42.5 Å². The van der Waals surface area contributed by atoms with Crippen LogP contribution in [0.2, 0.25) is 0 Å². The number of hydrogen-bond donors (Lipinski definition) is 0. The minimum atomic E-state index is 0.0165. The number of nitrogens with zero attached hydrogens (tertiary/aromatic N) is 2. The second kappa shape index (κ2) is 4.93. The Morgan fingerprint density at radius 3 is 2.60 bits per heavy atom. The summed E-state index contributed by atoms with van der Waals surface area (Å²) < 4.78 is 0. The SMILES string of the molecule is Cc1ccc2c(c1)N(C)C(=O)CN=C2c1ccccc1. The fraction of sp³-hybridized carbons (Fsp3) is 0.176. The van der Waals surface area contributed by atoms with Gasteiger partial charge in [0.15, 0.2) is 0 Å². The normalized spacial score (nSPS) is 14.6. The lowest BCUT2D eigenvalue weighted by molar-refractivity contribution is -0.116. The number of carbonyl (C=O) groups excluding carboxylic acids is 1. The van der Waals surface area contributed by atoms with Crippen molar-refractivity contribution in [2.24, 2.45) is 4.99 Å². The summed E-state index contributed by atoms with van der Waals surface area (Å²) in [5.74, 6) is 0.0165. The zero-order chi connectivity index (χ0) is 14.1. The number of fused-ring (bicyclic) bond motifs is 1. The van der Waals surface area contributed by atoms with Gasteiger partial charge in [0.2, 0.25) is 5.91 Å². The molecule has 1 amide bonds. The minimum Gasteiger partial charge on any atom is -0.313 e. The number of benzene rings is 2. The number of aliphatic imine (C=N–C) groups is 1. The lowest BCUT2D eigenvalue weighted by atomic mass is 9.99. The van der Waals surface area contributed by atoms with Gasteiger partial charge in [0.05, 0.1) is 11.4 Å². The first-order chi connectivity index (χ1) is 9.66. The molecule has 1 heterocycles. The molecule has 3 rings (SSSR count). The Kier molecular flexibility index (Phi) is 3.11. The summed E-state index contributed by atoms with van der Waals surface area (Å²) in [4.78, 5) is 18.3. The molecule has 1 aliphatic rings. The molecule has 0 N–H and O–H groups in total. The molecule has 0 fully saturated rings. The molecule has 0 saturated heterocycles. The summed E-state index contributed by atoms with van der Waals surface area (Å²) >= 11 is 0. The first-order valence-electron chi connectivity index (χ1n) is 6.64. The highest BCUT2D eigenvalue weighted by atomic mass is 16.2. The fourth-order valence-electron chi connectivity index (χ4n) is 2.43. The standard InChI is InChI=1S/C17H16N2O/c1-12-8-9-14-15(10-12)19(2)16(20)11-18-17(14)13-6-4-3-5-7-13/h3-10H,11H2,1-2H3. The summed E-state index contributed by atoms with van der Waals surface area (Å²) in [5.41, 5.74) is 5.00. The highest BCUT2D eigenvalue weighted by Gasteiger charge is 2.22. The number of amides is 1. The van der Waals surface area contributed by atoms with Gasteiger partial charge in [-0.2, -0.15) is 0 Å². The summed E-state index contributed by atoms with van der Waals surface area (Å²) in [6.45, 7) is 2.22. The Morgan fingerprint density at radius 1 is 1.10 bits per heavy atom. The van der Waals surface area contributed by atoms with Gasteiger partial charge in [0.25, 0.3) is 0 Å². The molecule has 1 aliphatic heterocycles. The molecule has 0 aromatic heterocycles. The van der Waals surface area contributed by atoms with Gasteiger partial charge >= 0.3 is 0 Å². The summed E-state index contributed by atoms with van der Waals surface area (Å²) in [6, 6.07) is 16.2. The van der Waals surface area contributed by atoms with Crippen LogP contribution in [0.25, 0.3) is 0 Å². The van der Waals surface area contributed by atoms with Crippen molar-refractivity contribution in [1.29, 1.82) is 0 Å². The summed E-state index contributed by atoms with van der Waals surface area (Å²) in [5, 5.41) is 0. The van der Waals surface area contributed by atoms with Crippen molar-refractivity contribution in [1.82, 2.24) is 0 Å². The molecule has 3 heteroatoms. The average molecular weight is 264 g/mol. The van der Waals surface area contributed by atoms with Crippen LogP contribution in [0.3, 0.4) is 0 Å². The number of benzodiazepines with no additional fused rings is 1. The van der Waals surface area contributed by atoms with Crippen molar-refractivity contribution in [2.75, 3.05) is 18.5 Å². The highest BCUT2D eigenvalue weighted by Crippen LogP contribution is 2.27. The molecule has 0 saturated carbocycles. The highest BCUT2D eigenvalue weighted by molar-refractivity contribution is 6.19. The number of likely N-dealkylation sites (N-methyl/N-ethyl adjacent to an activating group) is 1. The molecule has 100 valence electrons. The van der Waals surface area contributed by atoms with E-state index in [1.165, 1.54) is 0 Å². The largest absolute Gasteiger partial charge is 0.313 e. The third-order valence-corrected chi connectivity index (χ3v) is 3.56. The molecule has 0 atom stereocenters. The predicted octanol–water partition coefficient (Wildman–Crippen LogP) is 2.81. The van der Waals surface area contributed by atoms with Crippen LogP contribution in [0.4, 0.5) is 5.69 Å². The maximum Gasteiger partial charge on any atom is 0.248 e. The van der Waals surface area contributed by atoms with Crippen LogP contribution < -0.4 is 4.90 Å². The smallest absolute Gasteiger partial charge is 0.248 e. The van der Waals surface area contributed by atoms with Gasteiger partial charge in [-0.05, 0) is 18.6 Å². The molecule has 3 nitrogen and oxygen atoms in total. The third kappa shape index (κ3) is 2.11. The van der Waals surface area contributed by atoms with E-state index in [0.717, 1.165) is 28.1 Å². The van der Waals surface area contributed by atoms with Crippen LogP contribution in [-0.2, 0) is 4.79 Å². The third-order valence-electron chi connectivity index (χ3n) is 3.56. The summed E-state index contributed by atoms with van der Waals surface area (Å²) in [6.07, 6.45) is 0. The number of aryl methyl sites for hydroxylation is 1. The molecule has 0 bridgehead atoms. The molecule has 2 aromatic carbocycles. The molecule has 0 unspecified atom stereocenters. The molecule has 0 radical (unpaired) electrons. The van der Waals surface area contributed by atoms with E-state index in [9.17, 15) is 4.79 Å². The Hall–Kier alpha value is -2.42. The monoisotopic (exact) mass is 264 g/mol. The van der Waals surface area contributed by atoms with E-state index in [1.807, 2.05) is 56.4 Å². The molecule has 20 heavy (non-hydrogen) atoms. The number of anilines is 1. The van der Waals surface area contributed by atoms with Crippen molar-refractivity contribution >= 4 is 17.3 Å². The van der Waals surface area contributed by atoms with Gasteiger partial charge in [-0.25, -0.2) is 0 Å². The molecule has 0 aliphatic carbocycles.